The number of carbonyl (C=O) groups excluding carboxylic acids is 2. The summed E-state index contributed by atoms with van der Waals surface area (Å²) in [6.45, 7) is 6.37. The van der Waals surface area contributed by atoms with Crippen LogP contribution in [0, 0.1) is 5.92 Å². The fraction of sp³-hybridized carbons (Fsp3) is 0.500. The van der Waals surface area contributed by atoms with Gasteiger partial charge in [0.05, 0.1) is 6.61 Å². The van der Waals surface area contributed by atoms with Gasteiger partial charge in [-0.2, -0.15) is 0 Å². The van der Waals surface area contributed by atoms with Crippen LogP contribution in [0.2, 0.25) is 0 Å². The van der Waals surface area contributed by atoms with Gasteiger partial charge in [0.2, 0.25) is 0 Å². The molecule has 0 fully saturated rings. The molecule has 1 rings (SSSR count). The first-order chi connectivity index (χ1) is 10.4. The van der Waals surface area contributed by atoms with Gasteiger partial charge in [-0.05, 0) is 37.0 Å². The van der Waals surface area contributed by atoms with Gasteiger partial charge in [-0.25, -0.2) is 9.59 Å². The molecule has 2 amide bonds. The Morgan fingerprint density at radius 1 is 1.23 bits per heavy atom. The predicted octanol–water partition coefficient (Wildman–Crippen LogP) is 2.05. The third-order valence-corrected chi connectivity index (χ3v) is 3.02. The lowest BCUT2D eigenvalue weighted by atomic mass is 10.0. The van der Waals surface area contributed by atoms with Crippen LogP contribution in [0.4, 0.5) is 10.5 Å². The van der Waals surface area contributed by atoms with Crippen molar-refractivity contribution >= 4 is 17.7 Å². The van der Waals surface area contributed by atoms with Gasteiger partial charge in [0.1, 0.15) is 6.04 Å². The molecule has 1 aromatic rings. The van der Waals surface area contributed by atoms with Crippen molar-refractivity contribution in [2.24, 2.45) is 5.92 Å². The van der Waals surface area contributed by atoms with Crippen LogP contribution < -0.4 is 16.4 Å². The van der Waals surface area contributed by atoms with Crippen molar-refractivity contribution in [3.05, 3.63) is 29.8 Å². The maximum absolute atomic E-state index is 11.9. The molecular formula is C16H25N3O3. The zero-order chi connectivity index (χ0) is 16.5. The topological polar surface area (TPSA) is 93.4 Å². The summed E-state index contributed by atoms with van der Waals surface area (Å²) in [4.78, 5) is 23.8. The van der Waals surface area contributed by atoms with Gasteiger partial charge in [-0.15, -0.1) is 0 Å². The highest BCUT2D eigenvalue weighted by atomic mass is 16.5. The molecular weight excluding hydrogens is 282 g/mol. The average Bonchev–Trinajstić information content (AvgIpc) is 2.46. The second-order valence-electron chi connectivity index (χ2n) is 5.50. The van der Waals surface area contributed by atoms with Crippen LogP contribution in [-0.2, 0) is 16.1 Å². The summed E-state index contributed by atoms with van der Waals surface area (Å²) < 4.78 is 4.99. The molecule has 0 aromatic heterocycles. The van der Waals surface area contributed by atoms with Crippen molar-refractivity contribution in [3.63, 3.8) is 0 Å². The zero-order valence-electron chi connectivity index (χ0n) is 13.4. The highest BCUT2D eigenvalue weighted by Gasteiger charge is 2.22. The lowest BCUT2D eigenvalue weighted by molar-refractivity contribution is -0.145. The first-order valence-electron chi connectivity index (χ1n) is 7.47. The van der Waals surface area contributed by atoms with Crippen LogP contribution in [0.15, 0.2) is 24.3 Å². The number of carbonyl (C=O) groups is 2. The largest absolute Gasteiger partial charge is 0.464 e. The SMILES string of the molecule is CCOC(=O)[C@H](CC(C)C)NC(=O)NCc1ccc(N)cc1. The fourth-order valence-electron chi connectivity index (χ4n) is 1.96. The Bertz CT molecular complexity index is 486. The van der Waals surface area contributed by atoms with Crippen molar-refractivity contribution in [2.75, 3.05) is 12.3 Å². The van der Waals surface area contributed by atoms with Gasteiger partial charge in [0.15, 0.2) is 0 Å². The van der Waals surface area contributed by atoms with Crippen molar-refractivity contribution in [1.82, 2.24) is 10.6 Å². The number of nitrogens with two attached hydrogens (primary N) is 1. The molecule has 6 nitrogen and oxygen atoms in total. The summed E-state index contributed by atoms with van der Waals surface area (Å²) in [5.74, 6) is -0.134. The lowest BCUT2D eigenvalue weighted by Crippen LogP contribution is -2.47. The van der Waals surface area contributed by atoms with E-state index in [2.05, 4.69) is 10.6 Å². The minimum Gasteiger partial charge on any atom is -0.464 e. The molecule has 6 heteroatoms. The van der Waals surface area contributed by atoms with E-state index in [1.807, 2.05) is 26.0 Å². The number of urea groups is 1. The van der Waals surface area contributed by atoms with Crippen LogP contribution in [0.25, 0.3) is 0 Å². The molecule has 0 aliphatic heterocycles. The minimum absolute atomic E-state index is 0.270. The average molecular weight is 307 g/mol. The van der Waals surface area contributed by atoms with Crippen molar-refractivity contribution in [1.29, 1.82) is 0 Å². The third kappa shape index (κ3) is 6.47. The Hall–Kier alpha value is -2.24. The molecule has 0 aliphatic carbocycles. The number of nitrogen functional groups attached to an aromatic ring is 1. The fourth-order valence-corrected chi connectivity index (χ4v) is 1.96. The Morgan fingerprint density at radius 2 is 1.86 bits per heavy atom. The second kappa shape index (κ2) is 8.92. The van der Waals surface area contributed by atoms with E-state index in [1.54, 1.807) is 19.1 Å². The highest BCUT2D eigenvalue weighted by molar-refractivity contribution is 5.83. The number of rotatable bonds is 7. The normalized spacial score (nSPS) is 11.8. The van der Waals surface area contributed by atoms with Crippen molar-refractivity contribution in [3.8, 4) is 0 Å². The molecule has 0 aliphatic rings. The Labute approximate surface area is 131 Å². The number of ether oxygens (including phenoxy) is 1. The van der Waals surface area contributed by atoms with Crippen LogP contribution >= 0.6 is 0 Å². The van der Waals surface area contributed by atoms with E-state index < -0.39 is 18.0 Å². The maximum atomic E-state index is 11.9. The lowest BCUT2D eigenvalue weighted by Gasteiger charge is -2.19. The first kappa shape index (κ1) is 17.8. The Kier molecular flexibility index (Phi) is 7.22. The van der Waals surface area contributed by atoms with Crippen LogP contribution in [0.5, 0.6) is 0 Å². The number of benzene rings is 1. The van der Waals surface area contributed by atoms with E-state index in [-0.39, 0.29) is 5.92 Å². The molecule has 0 saturated carbocycles. The van der Waals surface area contributed by atoms with Crippen LogP contribution in [0.1, 0.15) is 32.8 Å². The molecule has 0 radical (unpaired) electrons. The summed E-state index contributed by atoms with van der Waals surface area (Å²) >= 11 is 0. The summed E-state index contributed by atoms with van der Waals surface area (Å²) in [6.07, 6.45) is 0.536. The molecule has 122 valence electrons. The van der Waals surface area contributed by atoms with E-state index in [1.165, 1.54) is 0 Å². The van der Waals surface area contributed by atoms with E-state index in [4.69, 9.17) is 10.5 Å². The molecule has 1 aromatic carbocycles. The molecule has 0 spiro atoms. The summed E-state index contributed by atoms with van der Waals surface area (Å²) in [5.41, 5.74) is 7.21. The van der Waals surface area contributed by atoms with Crippen molar-refractivity contribution in [2.45, 2.75) is 39.8 Å². The van der Waals surface area contributed by atoms with Crippen molar-refractivity contribution < 1.29 is 14.3 Å². The highest BCUT2D eigenvalue weighted by Crippen LogP contribution is 2.07. The van der Waals surface area contributed by atoms with E-state index in [0.29, 0.717) is 25.3 Å². The molecule has 0 saturated heterocycles. The van der Waals surface area contributed by atoms with E-state index in [0.717, 1.165) is 5.56 Å². The quantitative estimate of drug-likeness (QED) is 0.531. The third-order valence-electron chi connectivity index (χ3n) is 3.02. The van der Waals surface area contributed by atoms with Crippen LogP contribution in [0.3, 0.4) is 0 Å². The van der Waals surface area contributed by atoms with Gasteiger partial charge < -0.3 is 21.1 Å². The maximum Gasteiger partial charge on any atom is 0.328 e. The molecule has 4 N–H and O–H groups in total. The first-order valence-corrected chi connectivity index (χ1v) is 7.47. The predicted molar refractivity (Wildman–Crippen MR) is 86.1 cm³/mol. The number of amides is 2. The Balaban J connectivity index is 2.51. The standard InChI is InChI=1S/C16H25N3O3/c1-4-22-15(20)14(9-11(2)3)19-16(21)18-10-12-5-7-13(17)8-6-12/h5-8,11,14H,4,9-10,17H2,1-3H3,(H2,18,19,21)/t14-/m0/s1. The molecule has 0 unspecified atom stereocenters. The monoisotopic (exact) mass is 307 g/mol. The van der Waals surface area contributed by atoms with Gasteiger partial charge >= 0.3 is 12.0 Å². The number of esters is 1. The van der Waals surface area contributed by atoms with Gasteiger partial charge in [-0.3, -0.25) is 0 Å². The number of anilines is 1. The van der Waals surface area contributed by atoms with Gasteiger partial charge in [-0.1, -0.05) is 26.0 Å². The van der Waals surface area contributed by atoms with Gasteiger partial charge in [0.25, 0.3) is 0 Å². The number of hydrogen-bond donors (Lipinski definition) is 3. The van der Waals surface area contributed by atoms with Crippen LogP contribution in [-0.4, -0.2) is 24.6 Å². The molecule has 0 heterocycles. The molecule has 0 bridgehead atoms. The molecule has 1 atom stereocenters. The van der Waals surface area contributed by atoms with E-state index in [9.17, 15) is 9.59 Å². The molecule has 22 heavy (non-hydrogen) atoms. The van der Waals surface area contributed by atoms with Gasteiger partial charge in [0, 0.05) is 12.2 Å². The Morgan fingerprint density at radius 3 is 2.41 bits per heavy atom. The summed E-state index contributed by atoms with van der Waals surface area (Å²) in [6, 6.07) is 6.20. The van der Waals surface area contributed by atoms with E-state index >= 15 is 0 Å². The number of hydrogen-bond acceptors (Lipinski definition) is 4. The summed E-state index contributed by atoms with van der Waals surface area (Å²) in [7, 11) is 0. The summed E-state index contributed by atoms with van der Waals surface area (Å²) in [5, 5.41) is 5.39. The number of nitrogens with one attached hydrogen (secondary N) is 2. The zero-order valence-corrected chi connectivity index (χ0v) is 13.4. The second-order valence-corrected chi connectivity index (χ2v) is 5.50. The smallest absolute Gasteiger partial charge is 0.328 e. The minimum atomic E-state index is -0.633.